The van der Waals surface area contributed by atoms with Gasteiger partial charge in [-0.25, -0.2) is 0 Å². The van der Waals surface area contributed by atoms with Gasteiger partial charge < -0.3 is 9.68 Å². The molecule has 0 amide bonds. The van der Waals surface area contributed by atoms with Crippen LogP contribution in [0.3, 0.4) is 0 Å². The first-order valence-electron chi connectivity index (χ1n) is 4.65. The lowest BCUT2D eigenvalue weighted by Crippen LogP contribution is -2.14. The Morgan fingerprint density at radius 3 is 1.50 bits per heavy atom. The first kappa shape index (κ1) is 9.42. The fraction of sp³-hybridized carbons (Fsp3) is 0.750. The molecule has 2 fully saturated rings. The topological polar surface area (TPSA) is 58.6 Å². The molecule has 78 valence electrons. The van der Waals surface area contributed by atoms with Gasteiger partial charge in [0.1, 0.15) is 0 Å². The molecule has 0 saturated carbocycles. The number of rotatable bonds is 5. The number of hydrogen-bond donors (Lipinski definition) is 0. The van der Waals surface area contributed by atoms with Crippen LogP contribution in [-0.4, -0.2) is 48.2 Å². The Bertz CT molecular complexity index is 222. The zero-order chi connectivity index (χ0) is 9.97. The molecule has 0 bridgehead atoms. The van der Waals surface area contributed by atoms with Crippen LogP contribution in [0.15, 0.2) is 0 Å². The van der Waals surface area contributed by atoms with Gasteiger partial charge in [-0.1, -0.05) is 0 Å². The molecule has 0 aromatic heterocycles. The summed E-state index contributed by atoms with van der Waals surface area (Å²) in [5, 5.41) is 3.08. The van der Waals surface area contributed by atoms with Gasteiger partial charge in [0.15, 0.2) is 0 Å². The number of carbonyl (C=O) groups is 2. The lowest BCUT2D eigenvalue weighted by atomic mass is 10.3. The second kappa shape index (κ2) is 3.93. The fourth-order valence-corrected chi connectivity index (χ4v) is 0.848. The predicted molar refractivity (Wildman–Crippen MR) is 44.6 cm³/mol. The summed E-state index contributed by atoms with van der Waals surface area (Å²) in [6.07, 6.45) is 0.173. The minimum atomic E-state index is -0.370. The SMILES string of the molecule is O=C(CCC(=O)ON1CC1)ON1CC1. The molecule has 2 aliphatic heterocycles. The van der Waals surface area contributed by atoms with Crippen molar-refractivity contribution in [2.45, 2.75) is 12.8 Å². The highest BCUT2D eigenvalue weighted by Gasteiger charge is 2.25. The zero-order valence-electron chi connectivity index (χ0n) is 7.77. The summed E-state index contributed by atoms with van der Waals surface area (Å²) >= 11 is 0. The number of hydroxylamine groups is 4. The van der Waals surface area contributed by atoms with E-state index in [0.29, 0.717) is 0 Å². The Hall–Kier alpha value is -1.14. The number of nitrogens with zero attached hydrogens (tertiary/aromatic N) is 2. The third-order valence-corrected chi connectivity index (χ3v) is 1.81. The van der Waals surface area contributed by atoms with Crippen molar-refractivity contribution in [1.82, 2.24) is 10.1 Å². The summed E-state index contributed by atoms with van der Waals surface area (Å²) in [6.45, 7) is 3.18. The van der Waals surface area contributed by atoms with Gasteiger partial charge in [0, 0.05) is 0 Å². The molecule has 0 radical (unpaired) electrons. The largest absolute Gasteiger partial charge is 0.368 e. The van der Waals surface area contributed by atoms with Crippen LogP contribution in [-0.2, 0) is 19.3 Å². The maximum atomic E-state index is 11.0. The maximum absolute atomic E-state index is 11.0. The first-order chi connectivity index (χ1) is 6.74. The van der Waals surface area contributed by atoms with E-state index in [0.717, 1.165) is 26.2 Å². The standard InChI is InChI=1S/C8H12N2O4/c11-7(13-9-3-4-9)1-2-8(12)14-10-5-6-10/h1-6H2. The molecular weight excluding hydrogens is 188 g/mol. The van der Waals surface area contributed by atoms with Gasteiger partial charge in [-0.3, -0.25) is 9.59 Å². The minimum Gasteiger partial charge on any atom is -0.368 e. The Morgan fingerprint density at radius 1 is 0.857 bits per heavy atom. The van der Waals surface area contributed by atoms with Crippen molar-refractivity contribution in [3.63, 3.8) is 0 Å². The van der Waals surface area contributed by atoms with Crippen LogP contribution in [0.1, 0.15) is 12.8 Å². The normalized spacial score (nSPS) is 20.3. The quantitative estimate of drug-likeness (QED) is 0.548. The smallest absolute Gasteiger partial charge is 0.325 e. The van der Waals surface area contributed by atoms with E-state index in [9.17, 15) is 9.59 Å². The summed E-state index contributed by atoms with van der Waals surface area (Å²) in [5.74, 6) is -0.740. The van der Waals surface area contributed by atoms with Gasteiger partial charge in [0.2, 0.25) is 0 Å². The van der Waals surface area contributed by atoms with Gasteiger partial charge in [0.25, 0.3) is 0 Å². The third kappa shape index (κ3) is 3.31. The number of hydrogen-bond acceptors (Lipinski definition) is 6. The number of carbonyl (C=O) groups excluding carboxylic acids is 2. The average Bonchev–Trinajstić information content (AvgIpc) is 2.96. The van der Waals surface area contributed by atoms with Crippen molar-refractivity contribution in [2.24, 2.45) is 0 Å². The zero-order valence-corrected chi connectivity index (χ0v) is 7.77. The van der Waals surface area contributed by atoms with E-state index in [4.69, 9.17) is 9.68 Å². The first-order valence-corrected chi connectivity index (χ1v) is 4.65. The van der Waals surface area contributed by atoms with Crippen LogP contribution >= 0.6 is 0 Å². The Morgan fingerprint density at radius 2 is 1.21 bits per heavy atom. The molecule has 2 heterocycles. The highest BCUT2D eigenvalue weighted by atomic mass is 16.7. The summed E-state index contributed by atoms with van der Waals surface area (Å²) in [5.41, 5.74) is 0. The van der Waals surface area contributed by atoms with Crippen molar-refractivity contribution in [2.75, 3.05) is 26.2 Å². The second-order valence-corrected chi connectivity index (χ2v) is 3.28. The summed E-state index contributed by atoms with van der Waals surface area (Å²) in [6, 6.07) is 0. The molecular formula is C8H12N2O4. The van der Waals surface area contributed by atoms with Crippen molar-refractivity contribution in [3.05, 3.63) is 0 Å². The molecule has 6 nitrogen and oxygen atoms in total. The van der Waals surface area contributed by atoms with Crippen LogP contribution in [0, 0.1) is 0 Å². The lowest BCUT2D eigenvalue weighted by Gasteiger charge is -2.03. The van der Waals surface area contributed by atoms with Crippen molar-refractivity contribution in [1.29, 1.82) is 0 Å². The Kier molecular flexibility index (Phi) is 2.64. The molecule has 14 heavy (non-hydrogen) atoms. The van der Waals surface area contributed by atoms with E-state index in [1.54, 1.807) is 0 Å². The molecule has 0 spiro atoms. The predicted octanol–water partition coefficient (Wildman–Crippen LogP) is -0.686. The van der Waals surface area contributed by atoms with Crippen LogP contribution in [0.5, 0.6) is 0 Å². The van der Waals surface area contributed by atoms with Gasteiger partial charge in [-0.15, -0.1) is 10.1 Å². The summed E-state index contributed by atoms with van der Waals surface area (Å²) in [4.78, 5) is 31.6. The van der Waals surface area contributed by atoms with E-state index in [1.165, 1.54) is 10.1 Å². The third-order valence-electron chi connectivity index (χ3n) is 1.81. The minimum absolute atomic E-state index is 0.0865. The Labute approximate surface area is 81.3 Å². The Balaban J connectivity index is 1.55. The molecule has 0 aliphatic carbocycles. The van der Waals surface area contributed by atoms with E-state index in [1.807, 2.05) is 0 Å². The second-order valence-electron chi connectivity index (χ2n) is 3.28. The molecule has 2 saturated heterocycles. The summed E-state index contributed by atoms with van der Waals surface area (Å²) in [7, 11) is 0. The van der Waals surface area contributed by atoms with Crippen molar-refractivity contribution >= 4 is 11.9 Å². The molecule has 2 aliphatic rings. The van der Waals surface area contributed by atoms with E-state index in [2.05, 4.69) is 0 Å². The molecule has 2 rings (SSSR count). The fourth-order valence-electron chi connectivity index (χ4n) is 0.848. The lowest BCUT2D eigenvalue weighted by molar-refractivity contribution is -0.173. The molecule has 6 heteroatoms. The monoisotopic (exact) mass is 200 g/mol. The average molecular weight is 200 g/mol. The van der Waals surface area contributed by atoms with E-state index < -0.39 is 0 Å². The van der Waals surface area contributed by atoms with Gasteiger partial charge >= 0.3 is 11.9 Å². The van der Waals surface area contributed by atoms with Crippen molar-refractivity contribution < 1.29 is 19.3 Å². The van der Waals surface area contributed by atoms with Gasteiger partial charge in [-0.2, -0.15) is 0 Å². The molecule has 0 N–H and O–H groups in total. The summed E-state index contributed by atoms with van der Waals surface area (Å²) < 4.78 is 0. The highest BCUT2D eigenvalue weighted by molar-refractivity contribution is 5.77. The molecule has 0 aromatic carbocycles. The van der Waals surface area contributed by atoms with Gasteiger partial charge in [0.05, 0.1) is 39.0 Å². The maximum Gasteiger partial charge on any atom is 0.325 e. The van der Waals surface area contributed by atoms with E-state index in [-0.39, 0.29) is 24.8 Å². The van der Waals surface area contributed by atoms with Crippen LogP contribution in [0.4, 0.5) is 0 Å². The molecule has 0 atom stereocenters. The van der Waals surface area contributed by atoms with Crippen LogP contribution in [0.2, 0.25) is 0 Å². The molecule has 0 unspecified atom stereocenters. The van der Waals surface area contributed by atoms with Gasteiger partial charge in [-0.05, 0) is 0 Å². The highest BCUT2D eigenvalue weighted by Crippen LogP contribution is 2.09. The molecule has 0 aromatic rings. The van der Waals surface area contributed by atoms with Crippen LogP contribution < -0.4 is 0 Å². The van der Waals surface area contributed by atoms with Crippen LogP contribution in [0.25, 0.3) is 0 Å². The van der Waals surface area contributed by atoms with Crippen molar-refractivity contribution in [3.8, 4) is 0 Å². The van der Waals surface area contributed by atoms with E-state index >= 15 is 0 Å².